The van der Waals surface area contributed by atoms with Gasteiger partial charge in [0.1, 0.15) is 0 Å². The Balaban J connectivity index is 1.50. The second kappa shape index (κ2) is 9.26. The Labute approximate surface area is 165 Å². The van der Waals surface area contributed by atoms with Crippen molar-refractivity contribution in [2.24, 2.45) is 4.99 Å². The van der Waals surface area contributed by atoms with Gasteiger partial charge in [0.15, 0.2) is 11.8 Å². The van der Waals surface area contributed by atoms with E-state index in [0.717, 1.165) is 24.9 Å². The Morgan fingerprint density at radius 2 is 2.04 bits per heavy atom. The van der Waals surface area contributed by atoms with Crippen molar-refractivity contribution in [3.63, 3.8) is 0 Å². The summed E-state index contributed by atoms with van der Waals surface area (Å²) in [5, 5.41) is 10.7. The van der Waals surface area contributed by atoms with Crippen LogP contribution in [-0.4, -0.2) is 40.5 Å². The first-order chi connectivity index (χ1) is 13.1. The minimum Gasteiger partial charge on any atom is -0.357 e. The number of aliphatic imine (C=N–C) groups is 1. The molecular formula is C20H29N5OS. The van der Waals surface area contributed by atoms with Crippen molar-refractivity contribution in [1.29, 1.82) is 0 Å². The summed E-state index contributed by atoms with van der Waals surface area (Å²) < 4.78 is 5.55. The lowest BCUT2D eigenvalue weighted by atomic mass is 10.2. The number of hydrogen-bond donors (Lipinski definition) is 2. The number of hydrogen-bond acceptors (Lipinski definition) is 5. The highest BCUT2D eigenvalue weighted by Crippen LogP contribution is 2.51. The third-order valence-electron chi connectivity index (χ3n) is 4.39. The van der Waals surface area contributed by atoms with Gasteiger partial charge in [0.2, 0.25) is 5.89 Å². The van der Waals surface area contributed by atoms with Crippen LogP contribution in [0, 0.1) is 0 Å². The normalized spacial score (nSPS) is 15.8. The van der Waals surface area contributed by atoms with Crippen LogP contribution in [0.2, 0.25) is 0 Å². The first-order valence-electron chi connectivity index (χ1n) is 9.69. The van der Waals surface area contributed by atoms with E-state index in [1.807, 2.05) is 11.8 Å². The zero-order chi connectivity index (χ0) is 19.1. The van der Waals surface area contributed by atoms with Crippen LogP contribution in [0.4, 0.5) is 0 Å². The van der Waals surface area contributed by atoms with Crippen molar-refractivity contribution in [2.45, 2.75) is 55.6 Å². The van der Waals surface area contributed by atoms with Crippen LogP contribution in [-0.2, 0) is 6.42 Å². The number of nitrogens with one attached hydrogen (secondary N) is 2. The van der Waals surface area contributed by atoms with Gasteiger partial charge in [-0.2, -0.15) is 4.98 Å². The minimum absolute atomic E-state index is 0.252. The second-order valence-corrected chi connectivity index (χ2v) is 8.71. The third kappa shape index (κ3) is 5.99. The maximum atomic E-state index is 5.29. The molecule has 1 aromatic heterocycles. The zero-order valence-corrected chi connectivity index (χ0v) is 17.2. The molecule has 0 radical (unpaired) electrons. The van der Waals surface area contributed by atoms with Crippen molar-refractivity contribution in [3.05, 3.63) is 42.0 Å². The Hall–Kier alpha value is -2.02. The molecule has 0 aliphatic heterocycles. The smallest absolute Gasteiger partial charge is 0.228 e. The molecule has 2 N–H and O–H groups in total. The lowest BCUT2D eigenvalue weighted by Crippen LogP contribution is -2.39. The summed E-state index contributed by atoms with van der Waals surface area (Å²) in [5.41, 5.74) is 0. The number of aromatic nitrogens is 2. The molecule has 1 saturated carbocycles. The molecule has 146 valence electrons. The molecule has 27 heavy (non-hydrogen) atoms. The van der Waals surface area contributed by atoms with Crippen molar-refractivity contribution >= 4 is 17.7 Å². The van der Waals surface area contributed by atoms with Crippen LogP contribution in [0.3, 0.4) is 0 Å². The van der Waals surface area contributed by atoms with Crippen LogP contribution >= 0.6 is 11.8 Å². The Morgan fingerprint density at radius 3 is 2.67 bits per heavy atom. The molecule has 0 saturated heterocycles. The van der Waals surface area contributed by atoms with E-state index in [1.165, 1.54) is 17.7 Å². The lowest BCUT2D eigenvalue weighted by molar-refractivity contribution is 0.371. The standard InChI is InChI=1S/C20H29N5OS/c1-4-21-19(22-13-10-17-24-18(15(2)3)25-26-17)23-14-20(11-12-20)27-16-8-6-5-7-9-16/h5-9,15H,4,10-14H2,1-3H3,(H2,21,22,23). The number of rotatable bonds is 9. The molecule has 0 unspecified atom stereocenters. The number of thioether (sulfide) groups is 1. The molecule has 0 amide bonds. The average molecular weight is 388 g/mol. The molecule has 3 rings (SSSR count). The van der Waals surface area contributed by atoms with E-state index in [-0.39, 0.29) is 10.7 Å². The first kappa shape index (κ1) is 19.7. The molecule has 1 aromatic carbocycles. The topological polar surface area (TPSA) is 75.3 Å². The van der Waals surface area contributed by atoms with E-state index in [9.17, 15) is 0 Å². The molecule has 6 nitrogen and oxygen atoms in total. The average Bonchev–Trinajstić information content (AvgIpc) is 3.25. The zero-order valence-electron chi connectivity index (χ0n) is 16.4. The van der Waals surface area contributed by atoms with Crippen molar-refractivity contribution < 1.29 is 4.52 Å². The Kier molecular flexibility index (Phi) is 6.77. The van der Waals surface area contributed by atoms with E-state index in [4.69, 9.17) is 9.52 Å². The number of guanidine groups is 1. The molecule has 1 fully saturated rings. The monoisotopic (exact) mass is 387 g/mol. The van der Waals surface area contributed by atoms with Crippen LogP contribution in [0.25, 0.3) is 0 Å². The summed E-state index contributed by atoms with van der Waals surface area (Å²) >= 11 is 1.95. The SMILES string of the molecule is CCNC(=NCC1(Sc2ccccc2)CC1)NCCc1nc(C(C)C)no1. The van der Waals surface area contributed by atoms with Gasteiger partial charge in [-0.1, -0.05) is 37.2 Å². The fraction of sp³-hybridized carbons (Fsp3) is 0.550. The summed E-state index contributed by atoms with van der Waals surface area (Å²) in [6.45, 7) is 8.57. The van der Waals surface area contributed by atoms with Gasteiger partial charge in [0.05, 0.1) is 6.54 Å². The van der Waals surface area contributed by atoms with Crippen molar-refractivity contribution in [1.82, 2.24) is 20.8 Å². The second-order valence-electron chi connectivity index (χ2n) is 7.17. The van der Waals surface area contributed by atoms with Crippen molar-refractivity contribution in [3.8, 4) is 0 Å². The molecular weight excluding hydrogens is 358 g/mol. The minimum atomic E-state index is 0.252. The molecule has 0 spiro atoms. The maximum absolute atomic E-state index is 5.29. The quantitative estimate of drug-likeness (QED) is 0.506. The molecule has 0 atom stereocenters. The van der Waals surface area contributed by atoms with E-state index in [2.05, 4.69) is 71.9 Å². The predicted molar refractivity (Wildman–Crippen MR) is 110 cm³/mol. The fourth-order valence-corrected chi connectivity index (χ4v) is 3.86. The Morgan fingerprint density at radius 1 is 1.26 bits per heavy atom. The van der Waals surface area contributed by atoms with E-state index in [1.54, 1.807) is 0 Å². The molecule has 2 aromatic rings. The van der Waals surface area contributed by atoms with E-state index < -0.39 is 0 Å². The lowest BCUT2D eigenvalue weighted by Gasteiger charge is -2.15. The van der Waals surface area contributed by atoms with E-state index in [0.29, 0.717) is 18.9 Å². The van der Waals surface area contributed by atoms with Gasteiger partial charge in [0, 0.05) is 35.1 Å². The van der Waals surface area contributed by atoms with Crippen LogP contribution < -0.4 is 10.6 Å². The molecule has 7 heteroatoms. The predicted octanol–water partition coefficient (Wildman–Crippen LogP) is 3.62. The maximum Gasteiger partial charge on any atom is 0.228 e. The number of benzene rings is 1. The number of nitrogens with zero attached hydrogens (tertiary/aromatic N) is 3. The van der Waals surface area contributed by atoms with Crippen LogP contribution in [0.5, 0.6) is 0 Å². The van der Waals surface area contributed by atoms with Gasteiger partial charge < -0.3 is 15.2 Å². The highest BCUT2D eigenvalue weighted by molar-refractivity contribution is 8.01. The van der Waals surface area contributed by atoms with Crippen LogP contribution in [0.15, 0.2) is 44.7 Å². The summed E-state index contributed by atoms with van der Waals surface area (Å²) in [6, 6.07) is 10.6. The van der Waals surface area contributed by atoms with Crippen molar-refractivity contribution in [2.75, 3.05) is 19.6 Å². The fourth-order valence-electron chi connectivity index (χ4n) is 2.63. The van der Waals surface area contributed by atoms with Gasteiger partial charge >= 0.3 is 0 Å². The highest BCUT2D eigenvalue weighted by atomic mass is 32.2. The summed E-state index contributed by atoms with van der Waals surface area (Å²) in [6.07, 6.45) is 3.12. The largest absolute Gasteiger partial charge is 0.357 e. The first-order valence-corrected chi connectivity index (χ1v) is 10.5. The van der Waals surface area contributed by atoms with Gasteiger partial charge in [-0.15, -0.1) is 11.8 Å². The van der Waals surface area contributed by atoms with E-state index >= 15 is 0 Å². The van der Waals surface area contributed by atoms with Gasteiger partial charge in [-0.25, -0.2) is 0 Å². The molecule has 0 bridgehead atoms. The summed E-state index contributed by atoms with van der Waals surface area (Å²) in [4.78, 5) is 10.5. The van der Waals surface area contributed by atoms with Crippen LogP contribution in [0.1, 0.15) is 51.2 Å². The molecule has 1 aliphatic carbocycles. The summed E-state index contributed by atoms with van der Waals surface area (Å²) in [7, 11) is 0. The Bertz CT molecular complexity index is 740. The summed E-state index contributed by atoms with van der Waals surface area (Å²) in [5.74, 6) is 2.56. The molecule has 1 aliphatic rings. The van der Waals surface area contributed by atoms with Gasteiger partial charge in [-0.05, 0) is 31.9 Å². The van der Waals surface area contributed by atoms with Gasteiger partial charge in [0.25, 0.3) is 0 Å². The molecule has 1 heterocycles. The third-order valence-corrected chi connectivity index (χ3v) is 5.86. The van der Waals surface area contributed by atoms with Gasteiger partial charge in [-0.3, -0.25) is 4.99 Å². The highest BCUT2D eigenvalue weighted by Gasteiger charge is 2.43.